The highest BCUT2D eigenvalue weighted by Crippen LogP contribution is 2.19. The second-order valence-electron chi connectivity index (χ2n) is 4.92. The molecule has 2 N–H and O–H groups in total. The Labute approximate surface area is 138 Å². The number of carbonyl (C=O) groups is 2. The number of rotatable bonds is 7. The van der Waals surface area contributed by atoms with E-state index in [-0.39, 0.29) is 18.1 Å². The first-order valence-electron chi connectivity index (χ1n) is 7.31. The van der Waals surface area contributed by atoms with Crippen LogP contribution in [0.1, 0.15) is 16.9 Å². The molecule has 2 aromatic heterocycles. The summed E-state index contributed by atoms with van der Waals surface area (Å²) in [6, 6.07) is 7.10. The quantitative estimate of drug-likeness (QED) is 0.583. The summed E-state index contributed by atoms with van der Waals surface area (Å²) in [6.07, 6.45) is 1.11. The van der Waals surface area contributed by atoms with Crippen LogP contribution in [0.2, 0.25) is 0 Å². The van der Waals surface area contributed by atoms with Crippen molar-refractivity contribution in [1.29, 1.82) is 0 Å². The van der Waals surface area contributed by atoms with E-state index >= 15 is 0 Å². The van der Waals surface area contributed by atoms with E-state index in [0.29, 0.717) is 24.4 Å². The number of carbonyl (C=O) groups excluding carboxylic acids is 1. The highest BCUT2D eigenvalue weighted by molar-refractivity contribution is 5.92. The maximum Gasteiger partial charge on any atom is 0.404 e. The van der Waals surface area contributed by atoms with Gasteiger partial charge in [0.2, 0.25) is 0 Å². The fourth-order valence-corrected chi connectivity index (χ4v) is 2.08. The zero-order valence-electron chi connectivity index (χ0n) is 13.5. The number of nitrogens with one attached hydrogen (secondary N) is 1. The number of hydroxylamine groups is 2. The van der Waals surface area contributed by atoms with Gasteiger partial charge in [-0.3, -0.25) is 19.3 Å². The first-order chi connectivity index (χ1) is 11.5. The van der Waals surface area contributed by atoms with Crippen LogP contribution in [-0.4, -0.2) is 57.6 Å². The molecule has 0 atom stereocenters. The van der Waals surface area contributed by atoms with Gasteiger partial charge in [0.15, 0.2) is 5.69 Å². The van der Waals surface area contributed by atoms with Gasteiger partial charge in [-0.05, 0) is 24.6 Å². The van der Waals surface area contributed by atoms with Crippen molar-refractivity contribution in [2.24, 2.45) is 0 Å². The van der Waals surface area contributed by atoms with Crippen molar-refractivity contribution >= 4 is 12.0 Å². The van der Waals surface area contributed by atoms with Crippen molar-refractivity contribution in [2.45, 2.75) is 13.0 Å². The van der Waals surface area contributed by atoms with Crippen molar-refractivity contribution in [1.82, 2.24) is 25.1 Å². The van der Waals surface area contributed by atoms with Crippen LogP contribution in [0.3, 0.4) is 0 Å². The Bertz CT molecular complexity index is 701. The van der Waals surface area contributed by atoms with Crippen LogP contribution in [0.25, 0.3) is 11.4 Å². The van der Waals surface area contributed by atoms with Gasteiger partial charge < -0.3 is 10.4 Å². The topological polar surface area (TPSA) is 110 Å². The monoisotopic (exact) mass is 333 g/mol. The van der Waals surface area contributed by atoms with Crippen LogP contribution in [0, 0.1) is 0 Å². The summed E-state index contributed by atoms with van der Waals surface area (Å²) in [4.78, 5) is 31.9. The summed E-state index contributed by atoms with van der Waals surface area (Å²) < 4.78 is 1.64. The van der Waals surface area contributed by atoms with E-state index in [1.54, 1.807) is 23.0 Å². The molecule has 0 aliphatic rings. The van der Waals surface area contributed by atoms with Gasteiger partial charge >= 0.3 is 6.09 Å². The molecule has 9 heteroatoms. The highest BCUT2D eigenvalue weighted by Gasteiger charge is 2.19. The van der Waals surface area contributed by atoms with Crippen LogP contribution < -0.4 is 5.32 Å². The molecule has 0 saturated carbocycles. The summed E-state index contributed by atoms with van der Waals surface area (Å²) in [5.41, 5.74) is 1.58. The van der Waals surface area contributed by atoms with Crippen LogP contribution in [-0.2, 0) is 11.4 Å². The van der Waals surface area contributed by atoms with Crippen LogP contribution >= 0.6 is 0 Å². The molecule has 2 heterocycles. The van der Waals surface area contributed by atoms with E-state index in [1.807, 2.05) is 12.1 Å². The van der Waals surface area contributed by atoms with Gasteiger partial charge in [-0.25, -0.2) is 9.86 Å². The number of aryl methyl sites for hydroxylation is 1. The summed E-state index contributed by atoms with van der Waals surface area (Å²) in [5, 5.41) is 16.3. The summed E-state index contributed by atoms with van der Waals surface area (Å²) in [5.74, 6) is -0.378. The molecule has 0 aliphatic carbocycles. The van der Waals surface area contributed by atoms with Gasteiger partial charge in [0.25, 0.3) is 5.91 Å². The normalized spacial score (nSPS) is 10.4. The first-order valence-corrected chi connectivity index (χ1v) is 7.31. The van der Waals surface area contributed by atoms with E-state index in [4.69, 9.17) is 9.94 Å². The Morgan fingerprint density at radius 1 is 1.42 bits per heavy atom. The molecule has 128 valence electrons. The average Bonchev–Trinajstić information content (AvgIpc) is 3.02. The number of hydrogen-bond donors (Lipinski definition) is 2. The van der Waals surface area contributed by atoms with Gasteiger partial charge in [-0.2, -0.15) is 5.10 Å². The molecule has 0 aliphatic heterocycles. The maximum absolute atomic E-state index is 12.2. The fraction of sp³-hybridized carbons (Fsp3) is 0.333. The Kier molecular flexibility index (Phi) is 5.85. The van der Waals surface area contributed by atoms with Crippen molar-refractivity contribution in [3.05, 3.63) is 36.2 Å². The minimum Gasteiger partial charge on any atom is -0.465 e. The van der Waals surface area contributed by atoms with Gasteiger partial charge in [-0.15, -0.1) is 0 Å². The van der Waals surface area contributed by atoms with Crippen LogP contribution in [0.5, 0.6) is 0 Å². The highest BCUT2D eigenvalue weighted by atomic mass is 16.7. The largest absolute Gasteiger partial charge is 0.465 e. The van der Waals surface area contributed by atoms with E-state index in [1.165, 1.54) is 14.2 Å². The molecule has 24 heavy (non-hydrogen) atoms. The number of pyridine rings is 1. The second-order valence-corrected chi connectivity index (χ2v) is 4.92. The van der Waals surface area contributed by atoms with E-state index < -0.39 is 6.09 Å². The minimum atomic E-state index is -1.07. The van der Waals surface area contributed by atoms with Crippen molar-refractivity contribution in [2.75, 3.05) is 20.7 Å². The number of amides is 2. The number of aromatic nitrogens is 3. The third-order valence-electron chi connectivity index (χ3n) is 3.31. The maximum atomic E-state index is 12.2. The number of hydrogen-bond acceptors (Lipinski definition) is 5. The molecule has 0 saturated heterocycles. The van der Waals surface area contributed by atoms with Crippen molar-refractivity contribution in [3.63, 3.8) is 0 Å². The predicted octanol–water partition coefficient (Wildman–Crippen LogP) is 1.24. The molecule has 0 bridgehead atoms. The molecular formula is C15H19N5O4. The Morgan fingerprint density at radius 2 is 2.21 bits per heavy atom. The molecule has 0 spiro atoms. The first kappa shape index (κ1) is 17.4. The standard InChI is InChI=1S/C15H19N5O4/c1-19(24-2)14(21)12-10-13(11-6-3-4-7-16-11)20(18-12)9-5-8-17-15(22)23/h3-4,6-7,10,17H,5,8-9H2,1-2H3,(H,22,23). The lowest BCUT2D eigenvalue weighted by molar-refractivity contribution is -0.0760. The smallest absolute Gasteiger partial charge is 0.404 e. The lowest BCUT2D eigenvalue weighted by Gasteiger charge is -2.11. The molecular weight excluding hydrogens is 314 g/mol. The van der Waals surface area contributed by atoms with Gasteiger partial charge in [0.1, 0.15) is 0 Å². The number of carboxylic acid groups (broad SMARTS) is 1. The Hall–Kier alpha value is -2.94. The Balaban J connectivity index is 2.24. The molecule has 0 aromatic carbocycles. The lowest BCUT2D eigenvalue weighted by atomic mass is 10.2. The fourth-order valence-electron chi connectivity index (χ4n) is 2.08. The Morgan fingerprint density at radius 3 is 2.83 bits per heavy atom. The zero-order chi connectivity index (χ0) is 17.5. The molecule has 2 rings (SSSR count). The third kappa shape index (κ3) is 4.29. The lowest BCUT2D eigenvalue weighted by Crippen LogP contribution is -2.26. The molecule has 9 nitrogen and oxygen atoms in total. The minimum absolute atomic E-state index is 0.228. The molecule has 2 amide bonds. The van der Waals surface area contributed by atoms with E-state index in [0.717, 1.165) is 5.06 Å². The second kappa shape index (κ2) is 8.06. The van der Waals surface area contributed by atoms with Gasteiger partial charge in [0.05, 0.1) is 18.5 Å². The summed E-state index contributed by atoms with van der Waals surface area (Å²) in [7, 11) is 2.89. The molecule has 0 unspecified atom stereocenters. The van der Waals surface area contributed by atoms with Crippen molar-refractivity contribution in [3.8, 4) is 11.4 Å². The van der Waals surface area contributed by atoms with Crippen LogP contribution in [0.15, 0.2) is 30.5 Å². The van der Waals surface area contributed by atoms with E-state index in [9.17, 15) is 9.59 Å². The van der Waals surface area contributed by atoms with E-state index in [2.05, 4.69) is 15.4 Å². The molecule has 0 fully saturated rings. The SMILES string of the molecule is CON(C)C(=O)c1cc(-c2ccccn2)n(CCCNC(=O)O)n1. The van der Waals surface area contributed by atoms with Gasteiger partial charge in [-0.1, -0.05) is 6.07 Å². The predicted molar refractivity (Wildman–Crippen MR) is 85.2 cm³/mol. The van der Waals surface area contributed by atoms with Crippen LogP contribution in [0.4, 0.5) is 4.79 Å². The third-order valence-corrected chi connectivity index (χ3v) is 3.31. The molecule has 0 radical (unpaired) electrons. The average molecular weight is 333 g/mol. The van der Waals surface area contributed by atoms with Gasteiger partial charge in [0, 0.05) is 26.3 Å². The molecule has 2 aromatic rings. The zero-order valence-corrected chi connectivity index (χ0v) is 13.5. The number of nitrogens with zero attached hydrogens (tertiary/aromatic N) is 4. The van der Waals surface area contributed by atoms with Crippen molar-refractivity contribution < 1.29 is 19.5 Å². The summed E-state index contributed by atoms with van der Waals surface area (Å²) >= 11 is 0. The summed E-state index contributed by atoms with van der Waals surface area (Å²) in [6.45, 7) is 0.730.